The van der Waals surface area contributed by atoms with E-state index < -0.39 is 0 Å². The van der Waals surface area contributed by atoms with Crippen LogP contribution in [0.5, 0.6) is 0 Å². The van der Waals surface area contributed by atoms with Crippen molar-refractivity contribution in [1.82, 2.24) is 5.32 Å². The summed E-state index contributed by atoms with van der Waals surface area (Å²) in [6.45, 7) is 2.74. The van der Waals surface area contributed by atoms with Crippen LogP contribution in [0.1, 0.15) is 36.8 Å². The molecule has 1 aliphatic carbocycles. The predicted molar refractivity (Wildman–Crippen MR) is 71.9 cm³/mol. The highest BCUT2D eigenvalue weighted by Gasteiger charge is 2.14. The first-order valence-corrected chi connectivity index (χ1v) is 6.36. The molecule has 0 aliphatic heterocycles. The fourth-order valence-electron chi connectivity index (χ4n) is 2.19. The third-order valence-corrected chi connectivity index (χ3v) is 3.26. The van der Waals surface area contributed by atoms with Gasteiger partial charge in [-0.2, -0.15) is 0 Å². The molecule has 1 aromatic rings. The molecule has 3 heteroatoms. The van der Waals surface area contributed by atoms with Gasteiger partial charge in [0.15, 0.2) is 5.96 Å². The van der Waals surface area contributed by atoms with Crippen LogP contribution < -0.4 is 11.1 Å². The number of hydrogen-bond donors (Lipinski definition) is 2. The van der Waals surface area contributed by atoms with E-state index in [4.69, 9.17) is 5.73 Å². The highest BCUT2D eigenvalue weighted by molar-refractivity contribution is 5.78. The monoisotopic (exact) mass is 231 g/mol. The van der Waals surface area contributed by atoms with Gasteiger partial charge in [-0.05, 0) is 25.3 Å². The van der Waals surface area contributed by atoms with Gasteiger partial charge in [-0.1, -0.05) is 42.7 Å². The molecule has 3 N–H and O–H groups in total. The van der Waals surface area contributed by atoms with E-state index in [9.17, 15) is 0 Å². The van der Waals surface area contributed by atoms with Crippen molar-refractivity contribution in [2.45, 2.75) is 45.2 Å². The third-order valence-electron chi connectivity index (χ3n) is 3.26. The second-order valence-electron chi connectivity index (χ2n) is 4.81. The van der Waals surface area contributed by atoms with Gasteiger partial charge in [0, 0.05) is 6.04 Å². The summed E-state index contributed by atoms with van der Waals surface area (Å²) in [5.74, 6) is 0.581. The minimum Gasteiger partial charge on any atom is -0.370 e. The van der Waals surface area contributed by atoms with Crippen LogP contribution in [0.2, 0.25) is 0 Å². The summed E-state index contributed by atoms with van der Waals surface area (Å²) >= 11 is 0. The Morgan fingerprint density at radius 1 is 1.29 bits per heavy atom. The molecule has 1 aliphatic rings. The van der Waals surface area contributed by atoms with E-state index >= 15 is 0 Å². The van der Waals surface area contributed by atoms with E-state index in [1.807, 2.05) is 0 Å². The normalized spacial score (nSPS) is 17.4. The van der Waals surface area contributed by atoms with Crippen molar-refractivity contribution in [2.75, 3.05) is 0 Å². The molecule has 1 saturated carbocycles. The predicted octanol–water partition coefficient (Wildman–Crippen LogP) is 2.34. The van der Waals surface area contributed by atoms with Crippen molar-refractivity contribution >= 4 is 5.96 Å². The van der Waals surface area contributed by atoms with Gasteiger partial charge in [0.05, 0.1) is 6.54 Å². The first-order valence-electron chi connectivity index (χ1n) is 6.36. The highest BCUT2D eigenvalue weighted by Crippen LogP contribution is 2.17. The van der Waals surface area contributed by atoms with Crippen molar-refractivity contribution in [3.05, 3.63) is 35.4 Å². The van der Waals surface area contributed by atoms with Crippen molar-refractivity contribution in [3.8, 4) is 0 Å². The summed E-state index contributed by atoms with van der Waals surface area (Å²) in [5.41, 5.74) is 8.34. The summed E-state index contributed by atoms with van der Waals surface area (Å²) in [4.78, 5) is 4.37. The third kappa shape index (κ3) is 3.77. The number of nitrogens with two attached hydrogens (primary N) is 1. The van der Waals surface area contributed by atoms with Crippen LogP contribution in [0.4, 0.5) is 0 Å². The van der Waals surface area contributed by atoms with Crippen molar-refractivity contribution < 1.29 is 0 Å². The lowest BCUT2D eigenvalue weighted by molar-refractivity contribution is 0.625. The van der Waals surface area contributed by atoms with Crippen LogP contribution in [0.25, 0.3) is 0 Å². The van der Waals surface area contributed by atoms with Crippen LogP contribution in [0.15, 0.2) is 29.3 Å². The summed E-state index contributed by atoms with van der Waals surface area (Å²) in [6.07, 6.45) is 5.06. The Bertz CT molecular complexity index is 375. The van der Waals surface area contributed by atoms with Crippen LogP contribution in [0, 0.1) is 6.92 Å². The van der Waals surface area contributed by atoms with Crippen LogP contribution in [-0.2, 0) is 6.54 Å². The first kappa shape index (κ1) is 12.0. The number of aliphatic imine (C=N–C) groups is 1. The Balaban J connectivity index is 1.84. The SMILES string of the molecule is Cc1ccc(CN=C(N)NC2CCCC2)cc1. The molecule has 0 aromatic heterocycles. The van der Waals surface area contributed by atoms with E-state index in [1.54, 1.807) is 0 Å². The Morgan fingerprint density at radius 3 is 2.59 bits per heavy atom. The first-order chi connectivity index (χ1) is 8.24. The van der Waals surface area contributed by atoms with Crippen LogP contribution in [-0.4, -0.2) is 12.0 Å². The van der Waals surface area contributed by atoms with Gasteiger partial charge in [-0.15, -0.1) is 0 Å². The summed E-state index contributed by atoms with van der Waals surface area (Å²) in [6, 6.07) is 8.94. The van der Waals surface area contributed by atoms with E-state index in [-0.39, 0.29) is 0 Å². The van der Waals surface area contributed by atoms with Crippen molar-refractivity contribution in [3.63, 3.8) is 0 Å². The number of rotatable bonds is 3. The van der Waals surface area contributed by atoms with Gasteiger partial charge >= 0.3 is 0 Å². The van der Waals surface area contributed by atoms with E-state index in [1.165, 1.54) is 36.8 Å². The maximum atomic E-state index is 5.87. The Hall–Kier alpha value is -1.51. The summed E-state index contributed by atoms with van der Waals surface area (Å²) in [5, 5.41) is 3.29. The molecular formula is C14H21N3. The lowest BCUT2D eigenvalue weighted by atomic mass is 10.1. The molecule has 3 nitrogen and oxygen atoms in total. The number of nitrogens with zero attached hydrogens (tertiary/aromatic N) is 1. The number of hydrogen-bond acceptors (Lipinski definition) is 1. The highest BCUT2D eigenvalue weighted by atomic mass is 15.1. The van der Waals surface area contributed by atoms with Crippen molar-refractivity contribution in [1.29, 1.82) is 0 Å². The molecule has 2 rings (SSSR count). The standard InChI is InChI=1S/C14H21N3/c1-11-6-8-12(9-7-11)10-16-14(15)17-13-4-2-3-5-13/h6-9,13H,2-5,10H2,1H3,(H3,15,16,17). The van der Waals surface area contributed by atoms with E-state index in [0.29, 0.717) is 18.5 Å². The smallest absolute Gasteiger partial charge is 0.189 e. The van der Waals surface area contributed by atoms with Gasteiger partial charge < -0.3 is 11.1 Å². The van der Waals surface area contributed by atoms with Crippen LogP contribution >= 0.6 is 0 Å². The number of nitrogens with one attached hydrogen (secondary N) is 1. The lowest BCUT2D eigenvalue weighted by Gasteiger charge is -2.12. The fourth-order valence-corrected chi connectivity index (χ4v) is 2.19. The second kappa shape index (κ2) is 5.71. The molecule has 1 aromatic carbocycles. The zero-order valence-electron chi connectivity index (χ0n) is 10.4. The topological polar surface area (TPSA) is 50.4 Å². The molecular weight excluding hydrogens is 210 g/mol. The minimum atomic E-state index is 0.539. The van der Waals surface area contributed by atoms with Gasteiger partial charge in [-0.3, -0.25) is 0 Å². The number of benzene rings is 1. The van der Waals surface area contributed by atoms with Gasteiger partial charge in [-0.25, -0.2) is 4.99 Å². The van der Waals surface area contributed by atoms with Crippen molar-refractivity contribution in [2.24, 2.45) is 10.7 Å². The Labute approximate surface area is 103 Å². The molecule has 0 bridgehead atoms. The average Bonchev–Trinajstić information content (AvgIpc) is 2.81. The zero-order valence-corrected chi connectivity index (χ0v) is 10.4. The molecule has 0 radical (unpaired) electrons. The molecule has 0 spiro atoms. The molecule has 0 unspecified atom stereocenters. The maximum Gasteiger partial charge on any atom is 0.189 e. The molecule has 0 heterocycles. The fraction of sp³-hybridized carbons (Fsp3) is 0.500. The molecule has 0 saturated heterocycles. The maximum absolute atomic E-state index is 5.87. The quantitative estimate of drug-likeness (QED) is 0.619. The average molecular weight is 231 g/mol. The molecule has 1 fully saturated rings. The number of guanidine groups is 1. The van der Waals surface area contributed by atoms with Gasteiger partial charge in [0.25, 0.3) is 0 Å². The number of aryl methyl sites for hydroxylation is 1. The Morgan fingerprint density at radius 2 is 1.94 bits per heavy atom. The molecule has 17 heavy (non-hydrogen) atoms. The van der Waals surface area contributed by atoms with E-state index in [2.05, 4.69) is 41.5 Å². The van der Waals surface area contributed by atoms with E-state index in [0.717, 1.165) is 0 Å². The zero-order chi connectivity index (χ0) is 12.1. The summed E-state index contributed by atoms with van der Waals surface area (Å²) < 4.78 is 0. The van der Waals surface area contributed by atoms with Crippen LogP contribution in [0.3, 0.4) is 0 Å². The lowest BCUT2D eigenvalue weighted by Crippen LogP contribution is -2.38. The Kier molecular flexibility index (Phi) is 4.02. The van der Waals surface area contributed by atoms with Gasteiger partial charge in [0.2, 0.25) is 0 Å². The minimum absolute atomic E-state index is 0.539. The summed E-state index contributed by atoms with van der Waals surface area (Å²) in [7, 11) is 0. The molecule has 92 valence electrons. The second-order valence-corrected chi connectivity index (χ2v) is 4.81. The molecule has 0 atom stereocenters. The largest absolute Gasteiger partial charge is 0.370 e. The van der Waals surface area contributed by atoms with Gasteiger partial charge in [0.1, 0.15) is 0 Å². The molecule has 0 amide bonds.